The molecule has 2 N–H and O–H groups in total. The largest absolute Gasteiger partial charge is 0.448 e. The number of para-hydroxylation sites is 2. The van der Waals surface area contributed by atoms with E-state index in [1.54, 1.807) is 35.2 Å². The summed E-state index contributed by atoms with van der Waals surface area (Å²) >= 11 is 0. The van der Waals surface area contributed by atoms with Gasteiger partial charge in [0.2, 0.25) is 5.76 Å². The van der Waals surface area contributed by atoms with E-state index in [0.29, 0.717) is 30.0 Å². The van der Waals surface area contributed by atoms with Crippen LogP contribution in [-0.2, 0) is 22.3 Å². The fourth-order valence-corrected chi connectivity index (χ4v) is 3.55. The van der Waals surface area contributed by atoms with Gasteiger partial charge in [0.05, 0.1) is 36.2 Å². The number of carbonyl (C=O) groups is 1. The van der Waals surface area contributed by atoms with Gasteiger partial charge in [-0.15, -0.1) is 0 Å². The van der Waals surface area contributed by atoms with Crippen molar-refractivity contribution in [1.82, 2.24) is 5.32 Å². The molecular formula is C22H21F3N2O4. The first-order valence-electron chi connectivity index (χ1n) is 9.79. The highest BCUT2D eigenvalue weighted by atomic mass is 19.4. The van der Waals surface area contributed by atoms with Crippen LogP contribution in [0.2, 0.25) is 0 Å². The molecule has 164 valence electrons. The van der Waals surface area contributed by atoms with Crippen molar-refractivity contribution in [2.24, 2.45) is 0 Å². The number of fused-ring (bicyclic) bond motifs is 1. The summed E-state index contributed by atoms with van der Waals surface area (Å²) in [5, 5.41) is 12.8. The van der Waals surface area contributed by atoms with Gasteiger partial charge in [0.1, 0.15) is 0 Å². The van der Waals surface area contributed by atoms with Crippen molar-refractivity contribution in [3.8, 4) is 5.75 Å². The minimum Gasteiger partial charge on any atom is -0.448 e. The van der Waals surface area contributed by atoms with E-state index >= 15 is 0 Å². The number of rotatable bonds is 4. The zero-order chi connectivity index (χ0) is 22.0. The Labute approximate surface area is 176 Å². The molecule has 0 bridgehead atoms. The normalized spacial score (nSPS) is 21.0. The van der Waals surface area contributed by atoms with Crippen molar-refractivity contribution < 1.29 is 32.5 Å². The molecule has 2 aliphatic rings. The van der Waals surface area contributed by atoms with Gasteiger partial charge in [0.25, 0.3) is 5.91 Å². The van der Waals surface area contributed by atoms with Crippen LogP contribution in [0.3, 0.4) is 0 Å². The number of hydrogen-bond donors (Lipinski definition) is 2. The fraction of sp³-hybridized carbons (Fsp3) is 0.318. The van der Waals surface area contributed by atoms with E-state index in [-0.39, 0.29) is 18.9 Å². The third-order valence-electron chi connectivity index (χ3n) is 5.14. The fourth-order valence-electron chi connectivity index (χ4n) is 3.55. The molecule has 2 aromatic carbocycles. The van der Waals surface area contributed by atoms with Gasteiger partial charge in [0, 0.05) is 13.2 Å². The number of carbonyl (C=O) groups excluding carboxylic acids is 1. The summed E-state index contributed by atoms with van der Waals surface area (Å²) in [6.07, 6.45) is -3.34. The van der Waals surface area contributed by atoms with Crippen molar-refractivity contribution in [3.05, 3.63) is 71.6 Å². The van der Waals surface area contributed by atoms with Crippen LogP contribution >= 0.6 is 0 Å². The predicted molar refractivity (Wildman–Crippen MR) is 106 cm³/mol. The molecule has 4 rings (SSSR count). The minimum atomic E-state index is -4.44. The first-order valence-corrected chi connectivity index (χ1v) is 9.79. The zero-order valence-corrected chi connectivity index (χ0v) is 16.4. The Kier molecular flexibility index (Phi) is 5.88. The molecule has 2 unspecified atom stereocenters. The maximum Gasteiger partial charge on any atom is 0.416 e. The molecule has 2 atom stereocenters. The Morgan fingerprint density at radius 1 is 1.19 bits per heavy atom. The van der Waals surface area contributed by atoms with Crippen LogP contribution in [-0.4, -0.2) is 36.4 Å². The van der Waals surface area contributed by atoms with Crippen molar-refractivity contribution in [2.75, 3.05) is 18.1 Å². The van der Waals surface area contributed by atoms with E-state index < -0.39 is 29.8 Å². The molecule has 0 aromatic heterocycles. The quantitative estimate of drug-likeness (QED) is 0.774. The first kappa shape index (κ1) is 21.2. The topological polar surface area (TPSA) is 71.0 Å². The summed E-state index contributed by atoms with van der Waals surface area (Å²) in [6, 6.07) is 11.5. The molecule has 1 saturated heterocycles. The summed E-state index contributed by atoms with van der Waals surface area (Å²) in [5.74, 6) is -0.117. The molecule has 2 aliphatic heterocycles. The van der Waals surface area contributed by atoms with Gasteiger partial charge >= 0.3 is 6.18 Å². The van der Waals surface area contributed by atoms with Gasteiger partial charge in [-0.3, -0.25) is 4.79 Å². The van der Waals surface area contributed by atoms with Gasteiger partial charge in [0.15, 0.2) is 5.75 Å². The number of aliphatic hydroxyl groups is 1. The van der Waals surface area contributed by atoms with Crippen LogP contribution in [0.25, 0.3) is 0 Å². The summed E-state index contributed by atoms with van der Waals surface area (Å²) in [7, 11) is 0. The van der Waals surface area contributed by atoms with E-state index in [2.05, 4.69) is 5.32 Å². The lowest BCUT2D eigenvalue weighted by Gasteiger charge is -2.31. The number of nitrogens with one attached hydrogen (secondary N) is 1. The molecule has 0 spiro atoms. The molecule has 2 aromatic rings. The SMILES string of the molecule is O=C(NC1CCOCC1O)C1=CN(Cc2cccc(C(F)(F)F)c2)c2ccccc2O1. The lowest BCUT2D eigenvalue weighted by atomic mass is 10.1. The van der Waals surface area contributed by atoms with Crippen molar-refractivity contribution in [3.63, 3.8) is 0 Å². The number of anilines is 1. The van der Waals surface area contributed by atoms with Crippen LogP contribution in [0.5, 0.6) is 5.75 Å². The first-order chi connectivity index (χ1) is 14.8. The molecule has 2 heterocycles. The molecule has 1 amide bonds. The highest BCUT2D eigenvalue weighted by molar-refractivity contribution is 5.93. The Morgan fingerprint density at radius 3 is 2.77 bits per heavy atom. The van der Waals surface area contributed by atoms with E-state index in [1.807, 2.05) is 0 Å². The molecule has 1 fully saturated rings. The zero-order valence-electron chi connectivity index (χ0n) is 16.4. The summed E-state index contributed by atoms with van der Waals surface area (Å²) in [6.45, 7) is 0.669. The number of benzene rings is 2. The molecule has 0 radical (unpaired) electrons. The molecule has 0 saturated carbocycles. The van der Waals surface area contributed by atoms with Crippen LogP contribution in [0, 0.1) is 0 Å². The van der Waals surface area contributed by atoms with Gasteiger partial charge in [-0.1, -0.05) is 24.3 Å². The Bertz CT molecular complexity index is 993. The molecule has 0 aliphatic carbocycles. The molecular weight excluding hydrogens is 413 g/mol. The highest BCUT2D eigenvalue weighted by Crippen LogP contribution is 2.36. The number of ether oxygens (including phenoxy) is 2. The standard InChI is InChI=1S/C22H21F3N2O4/c23-22(24,25)15-5-3-4-14(10-15)11-27-12-20(31-19-7-2-1-6-17(19)27)21(29)26-16-8-9-30-13-18(16)28/h1-7,10,12,16,18,28H,8-9,11,13H2,(H,26,29). The van der Waals surface area contributed by atoms with E-state index in [0.717, 1.165) is 12.1 Å². The third-order valence-corrected chi connectivity index (χ3v) is 5.14. The number of amides is 1. The van der Waals surface area contributed by atoms with E-state index in [1.165, 1.54) is 12.3 Å². The maximum atomic E-state index is 13.1. The Morgan fingerprint density at radius 2 is 2.00 bits per heavy atom. The van der Waals surface area contributed by atoms with Crippen molar-refractivity contribution in [2.45, 2.75) is 31.3 Å². The molecule has 6 nitrogen and oxygen atoms in total. The lowest BCUT2D eigenvalue weighted by molar-refractivity contribution is -0.137. The van der Waals surface area contributed by atoms with Crippen molar-refractivity contribution in [1.29, 1.82) is 0 Å². The van der Waals surface area contributed by atoms with E-state index in [4.69, 9.17) is 9.47 Å². The highest BCUT2D eigenvalue weighted by Gasteiger charge is 2.31. The van der Waals surface area contributed by atoms with Gasteiger partial charge < -0.3 is 24.8 Å². The van der Waals surface area contributed by atoms with Gasteiger partial charge in [-0.25, -0.2) is 0 Å². The summed E-state index contributed by atoms with van der Waals surface area (Å²) in [4.78, 5) is 14.4. The lowest BCUT2D eigenvalue weighted by Crippen LogP contribution is -2.49. The van der Waals surface area contributed by atoms with Crippen LogP contribution < -0.4 is 15.0 Å². The van der Waals surface area contributed by atoms with Crippen molar-refractivity contribution >= 4 is 11.6 Å². The van der Waals surface area contributed by atoms with Gasteiger partial charge in [-0.2, -0.15) is 13.2 Å². The molecule has 9 heteroatoms. The van der Waals surface area contributed by atoms with Gasteiger partial charge in [-0.05, 0) is 36.2 Å². The second-order valence-corrected chi connectivity index (χ2v) is 7.40. The second-order valence-electron chi connectivity index (χ2n) is 7.40. The maximum absolute atomic E-state index is 13.1. The van der Waals surface area contributed by atoms with E-state index in [9.17, 15) is 23.1 Å². The van der Waals surface area contributed by atoms with Crippen LogP contribution in [0.4, 0.5) is 18.9 Å². The smallest absolute Gasteiger partial charge is 0.416 e. The monoisotopic (exact) mass is 434 g/mol. The summed E-state index contributed by atoms with van der Waals surface area (Å²) in [5.41, 5.74) is 0.326. The number of halogens is 3. The number of alkyl halides is 3. The summed E-state index contributed by atoms with van der Waals surface area (Å²) < 4.78 is 50.1. The number of hydrogen-bond acceptors (Lipinski definition) is 5. The van der Waals surface area contributed by atoms with Crippen LogP contribution in [0.15, 0.2) is 60.5 Å². The predicted octanol–water partition coefficient (Wildman–Crippen LogP) is 3.21. The number of aliphatic hydroxyl groups excluding tert-OH is 1. The molecule has 31 heavy (non-hydrogen) atoms. The average Bonchev–Trinajstić information content (AvgIpc) is 2.75. The number of nitrogens with zero attached hydrogens (tertiary/aromatic N) is 1. The second kappa shape index (κ2) is 8.60. The Balaban J connectivity index is 1.58. The van der Waals surface area contributed by atoms with Crippen LogP contribution in [0.1, 0.15) is 17.5 Å². The third kappa shape index (κ3) is 4.83. The Hall–Kier alpha value is -3.04. The average molecular weight is 434 g/mol. The minimum absolute atomic E-state index is 0.00984.